The summed E-state index contributed by atoms with van der Waals surface area (Å²) in [5, 5.41) is 0.773. The summed E-state index contributed by atoms with van der Waals surface area (Å²) in [6.07, 6.45) is 0.352. The van der Waals surface area contributed by atoms with Crippen molar-refractivity contribution in [3.8, 4) is 5.75 Å². The molecule has 0 aliphatic carbocycles. The third-order valence-corrected chi connectivity index (χ3v) is 3.94. The number of rotatable bonds is 7. The number of carbonyl (C=O) groups excluding carboxylic acids is 1. The zero-order valence-electron chi connectivity index (χ0n) is 15.1. The van der Waals surface area contributed by atoms with Crippen LogP contribution < -0.4 is 10.4 Å². The Morgan fingerprint density at radius 3 is 2.52 bits per heavy atom. The van der Waals surface area contributed by atoms with Crippen LogP contribution in [0.2, 0.25) is 0 Å². The van der Waals surface area contributed by atoms with E-state index in [2.05, 4.69) is 6.58 Å². The van der Waals surface area contributed by atoms with Gasteiger partial charge >= 0.3 is 11.6 Å². The predicted octanol–water partition coefficient (Wildman–Crippen LogP) is 4.05. The number of methoxy groups -OCH3 is 1. The second-order valence-corrected chi connectivity index (χ2v) is 6.53. The van der Waals surface area contributed by atoms with E-state index in [0.717, 1.165) is 11.0 Å². The Kier molecular flexibility index (Phi) is 6.02. The Balaban J connectivity index is 2.46. The van der Waals surface area contributed by atoms with Gasteiger partial charge in [-0.3, -0.25) is 4.79 Å². The fourth-order valence-corrected chi connectivity index (χ4v) is 2.68. The van der Waals surface area contributed by atoms with Crippen molar-refractivity contribution in [2.75, 3.05) is 13.7 Å². The molecule has 0 bridgehead atoms. The Labute approximate surface area is 147 Å². The summed E-state index contributed by atoms with van der Waals surface area (Å²) in [6.45, 7) is 9.89. The van der Waals surface area contributed by atoms with Crippen molar-refractivity contribution in [1.82, 2.24) is 0 Å². The first-order chi connectivity index (χ1) is 11.8. The van der Waals surface area contributed by atoms with Gasteiger partial charge in [0.05, 0.1) is 7.11 Å². The topological polar surface area (TPSA) is 65.7 Å². The molecule has 0 aliphatic rings. The molecule has 0 N–H and O–H groups in total. The molecule has 134 valence electrons. The Bertz CT molecular complexity index is 832. The van der Waals surface area contributed by atoms with E-state index in [1.54, 1.807) is 13.2 Å². The van der Waals surface area contributed by atoms with Gasteiger partial charge < -0.3 is 13.9 Å². The number of hydrogen-bond acceptors (Lipinski definition) is 5. The van der Waals surface area contributed by atoms with Gasteiger partial charge in [-0.25, -0.2) is 4.79 Å². The van der Waals surface area contributed by atoms with E-state index in [9.17, 15) is 9.59 Å². The first-order valence-electron chi connectivity index (χ1n) is 8.25. The van der Waals surface area contributed by atoms with Gasteiger partial charge in [0.25, 0.3) is 0 Å². The third-order valence-electron chi connectivity index (χ3n) is 3.94. The van der Waals surface area contributed by atoms with Gasteiger partial charge in [0.15, 0.2) is 0 Å². The lowest BCUT2D eigenvalue weighted by Gasteiger charge is -2.21. The SMILES string of the molecule is C=C(C)[C@@H](COC(=O)CC(C)C)c1c(OC)ccc2ccc(=O)oc12. The quantitative estimate of drug-likeness (QED) is 0.431. The molecule has 1 aromatic carbocycles. The zero-order chi connectivity index (χ0) is 18.6. The van der Waals surface area contributed by atoms with Crippen LogP contribution in [0.1, 0.15) is 38.7 Å². The lowest BCUT2D eigenvalue weighted by Crippen LogP contribution is -2.16. The van der Waals surface area contributed by atoms with Gasteiger partial charge in [-0.05, 0) is 31.0 Å². The molecule has 25 heavy (non-hydrogen) atoms. The first-order valence-corrected chi connectivity index (χ1v) is 8.25. The van der Waals surface area contributed by atoms with Crippen LogP contribution in [0.5, 0.6) is 5.75 Å². The molecule has 0 amide bonds. The first kappa shape index (κ1) is 18.8. The molecule has 5 nitrogen and oxygen atoms in total. The normalized spacial score (nSPS) is 12.2. The maximum Gasteiger partial charge on any atom is 0.336 e. The number of esters is 1. The molecule has 1 atom stereocenters. The van der Waals surface area contributed by atoms with E-state index in [4.69, 9.17) is 13.9 Å². The highest BCUT2D eigenvalue weighted by molar-refractivity contribution is 5.83. The molecule has 0 saturated heterocycles. The monoisotopic (exact) mass is 344 g/mol. The highest BCUT2D eigenvalue weighted by Gasteiger charge is 2.24. The molecule has 0 fully saturated rings. The van der Waals surface area contributed by atoms with E-state index in [1.807, 2.05) is 32.9 Å². The summed E-state index contributed by atoms with van der Waals surface area (Å²) >= 11 is 0. The van der Waals surface area contributed by atoms with Crippen molar-refractivity contribution >= 4 is 16.9 Å². The highest BCUT2D eigenvalue weighted by atomic mass is 16.5. The lowest BCUT2D eigenvalue weighted by molar-refractivity contribution is -0.144. The van der Waals surface area contributed by atoms with Gasteiger partial charge in [0.2, 0.25) is 0 Å². The second-order valence-electron chi connectivity index (χ2n) is 6.53. The van der Waals surface area contributed by atoms with Crippen LogP contribution in [0.3, 0.4) is 0 Å². The van der Waals surface area contributed by atoms with Crippen LogP contribution in [0.25, 0.3) is 11.0 Å². The molecule has 5 heteroatoms. The molecular weight excluding hydrogens is 320 g/mol. The Hall–Kier alpha value is -2.56. The van der Waals surface area contributed by atoms with E-state index in [1.165, 1.54) is 6.07 Å². The molecule has 2 aromatic rings. The average Bonchev–Trinajstić information content (AvgIpc) is 2.54. The van der Waals surface area contributed by atoms with Crippen molar-refractivity contribution in [1.29, 1.82) is 0 Å². The molecule has 2 rings (SSSR count). The van der Waals surface area contributed by atoms with Crippen molar-refractivity contribution in [3.05, 3.63) is 52.4 Å². The minimum Gasteiger partial charge on any atom is -0.496 e. The van der Waals surface area contributed by atoms with Gasteiger partial charge in [0, 0.05) is 29.4 Å². The van der Waals surface area contributed by atoms with E-state index in [-0.39, 0.29) is 24.4 Å². The number of fused-ring (bicyclic) bond motifs is 1. The van der Waals surface area contributed by atoms with Gasteiger partial charge in [-0.1, -0.05) is 26.0 Å². The second kappa shape index (κ2) is 8.01. The van der Waals surface area contributed by atoms with Crippen LogP contribution in [0, 0.1) is 5.92 Å². The van der Waals surface area contributed by atoms with E-state index in [0.29, 0.717) is 23.3 Å². The van der Waals surface area contributed by atoms with Crippen LogP contribution in [0.4, 0.5) is 0 Å². The third kappa shape index (κ3) is 4.50. The fraction of sp³-hybridized carbons (Fsp3) is 0.400. The lowest BCUT2D eigenvalue weighted by atomic mass is 9.91. The van der Waals surface area contributed by atoms with Crippen LogP contribution in [-0.4, -0.2) is 19.7 Å². The average molecular weight is 344 g/mol. The molecule has 0 spiro atoms. The van der Waals surface area contributed by atoms with Gasteiger partial charge in [-0.2, -0.15) is 0 Å². The van der Waals surface area contributed by atoms with Gasteiger partial charge in [0.1, 0.15) is 17.9 Å². The van der Waals surface area contributed by atoms with Crippen molar-refractivity contribution < 1.29 is 18.7 Å². The molecule has 0 aliphatic heterocycles. The van der Waals surface area contributed by atoms with Gasteiger partial charge in [-0.15, -0.1) is 0 Å². The maximum absolute atomic E-state index is 11.9. The summed E-state index contributed by atoms with van der Waals surface area (Å²) < 4.78 is 16.3. The molecule has 1 heterocycles. The molecule has 1 aromatic heterocycles. The van der Waals surface area contributed by atoms with Crippen LogP contribution in [0.15, 0.2) is 45.6 Å². The van der Waals surface area contributed by atoms with Crippen LogP contribution >= 0.6 is 0 Å². The molecule has 0 radical (unpaired) electrons. The number of carbonyl (C=O) groups is 1. The summed E-state index contributed by atoms with van der Waals surface area (Å²) in [4.78, 5) is 23.6. The summed E-state index contributed by atoms with van der Waals surface area (Å²) in [5.74, 6) is 0.192. The fourth-order valence-electron chi connectivity index (χ4n) is 2.68. The molecule has 0 saturated carbocycles. The minimum absolute atomic E-state index is 0.120. The van der Waals surface area contributed by atoms with Crippen molar-refractivity contribution in [2.24, 2.45) is 5.92 Å². The van der Waals surface area contributed by atoms with E-state index < -0.39 is 5.63 Å². The summed E-state index contributed by atoms with van der Waals surface area (Å²) in [5.41, 5.74) is 1.44. The number of benzene rings is 1. The molecule has 0 unspecified atom stereocenters. The van der Waals surface area contributed by atoms with Crippen molar-refractivity contribution in [3.63, 3.8) is 0 Å². The van der Waals surface area contributed by atoms with Crippen molar-refractivity contribution in [2.45, 2.75) is 33.1 Å². The van der Waals surface area contributed by atoms with E-state index >= 15 is 0 Å². The smallest absolute Gasteiger partial charge is 0.336 e. The standard InChI is InChI=1S/C20H24O5/c1-12(2)10-18(22)24-11-15(13(3)4)19-16(23-5)8-6-14-7-9-17(21)25-20(14)19/h6-9,12,15H,3,10-11H2,1-2,4-5H3/t15-/m1/s1. The Morgan fingerprint density at radius 1 is 1.24 bits per heavy atom. The Morgan fingerprint density at radius 2 is 1.92 bits per heavy atom. The predicted molar refractivity (Wildman–Crippen MR) is 97.0 cm³/mol. The number of hydrogen-bond donors (Lipinski definition) is 0. The highest BCUT2D eigenvalue weighted by Crippen LogP contribution is 2.37. The summed E-state index contributed by atoms with van der Waals surface area (Å²) in [7, 11) is 1.55. The minimum atomic E-state index is -0.445. The zero-order valence-corrected chi connectivity index (χ0v) is 15.1. The molecular formula is C20H24O5. The maximum atomic E-state index is 11.9. The van der Waals surface area contributed by atoms with Crippen LogP contribution in [-0.2, 0) is 9.53 Å². The largest absolute Gasteiger partial charge is 0.496 e. The summed E-state index contributed by atoms with van der Waals surface area (Å²) in [6, 6.07) is 6.70. The number of ether oxygens (including phenoxy) is 2.